The summed E-state index contributed by atoms with van der Waals surface area (Å²) < 4.78 is 6.87. The second-order valence-corrected chi connectivity index (χ2v) is 6.68. The molecule has 0 atom stereocenters. The van der Waals surface area contributed by atoms with Crippen molar-refractivity contribution in [2.24, 2.45) is 0 Å². The van der Waals surface area contributed by atoms with Gasteiger partial charge < -0.3 is 10.1 Å². The summed E-state index contributed by atoms with van der Waals surface area (Å²) in [6.07, 6.45) is 3.65. The summed E-state index contributed by atoms with van der Waals surface area (Å²) in [5.74, 6) is 0.791. The first-order chi connectivity index (χ1) is 11.7. The molecule has 0 aromatic heterocycles. The number of halogens is 1. The van der Waals surface area contributed by atoms with E-state index in [0.29, 0.717) is 13.0 Å². The Morgan fingerprint density at radius 2 is 1.92 bits per heavy atom. The molecule has 2 aromatic carbocycles. The normalized spacial score (nSPS) is 10.4. The number of hydrogen-bond acceptors (Lipinski definition) is 2. The first kappa shape index (κ1) is 18.5. The second-order valence-electron chi connectivity index (χ2n) is 5.76. The van der Waals surface area contributed by atoms with E-state index in [4.69, 9.17) is 4.74 Å². The Morgan fingerprint density at radius 1 is 1.12 bits per heavy atom. The van der Waals surface area contributed by atoms with Crippen molar-refractivity contribution in [3.63, 3.8) is 0 Å². The number of carbonyl (C=O) groups is 1. The molecular weight excluding hydrogens is 366 g/mol. The smallest absolute Gasteiger partial charge is 0.224 e. The fraction of sp³-hybridized carbons (Fsp3) is 0.350. The molecule has 0 heterocycles. The van der Waals surface area contributed by atoms with E-state index in [0.717, 1.165) is 47.2 Å². The fourth-order valence-electron chi connectivity index (χ4n) is 2.40. The molecule has 1 amide bonds. The maximum atomic E-state index is 12.1. The zero-order chi connectivity index (χ0) is 17.2. The summed E-state index contributed by atoms with van der Waals surface area (Å²) in [5.41, 5.74) is 2.00. The van der Waals surface area contributed by atoms with Gasteiger partial charge in [0.05, 0.1) is 6.42 Å². The molecule has 0 fully saturated rings. The molecule has 0 saturated carbocycles. The lowest BCUT2D eigenvalue weighted by molar-refractivity contribution is -0.120. The van der Waals surface area contributed by atoms with E-state index in [1.807, 2.05) is 48.5 Å². The van der Waals surface area contributed by atoms with Crippen LogP contribution in [0.15, 0.2) is 53.0 Å². The van der Waals surface area contributed by atoms with Crippen LogP contribution in [0.3, 0.4) is 0 Å². The largest absolute Gasteiger partial charge is 0.489 e. The van der Waals surface area contributed by atoms with Gasteiger partial charge in [0, 0.05) is 16.6 Å². The number of benzene rings is 2. The van der Waals surface area contributed by atoms with Gasteiger partial charge in [-0.3, -0.25) is 4.79 Å². The molecule has 2 aromatic rings. The third-order valence-corrected chi connectivity index (χ3v) is 4.21. The highest BCUT2D eigenvalue weighted by atomic mass is 79.9. The zero-order valence-corrected chi connectivity index (χ0v) is 15.6. The summed E-state index contributed by atoms with van der Waals surface area (Å²) in [5, 5.41) is 2.98. The number of ether oxygens (including phenoxy) is 1. The molecule has 128 valence electrons. The monoisotopic (exact) mass is 389 g/mol. The SMILES string of the molecule is CCCCCNC(=O)Cc1cc(Br)ccc1OCc1ccccc1. The average molecular weight is 390 g/mol. The standard InChI is InChI=1S/C20H24BrNO2/c1-2-3-7-12-22-20(23)14-17-13-18(21)10-11-19(17)24-15-16-8-5-4-6-9-16/h4-6,8-11,13H,2-3,7,12,14-15H2,1H3,(H,22,23). The Hall–Kier alpha value is -1.81. The van der Waals surface area contributed by atoms with Gasteiger partial charge in [-0.15, -0.1) is 0 Å². The van der Waals surface area contributed by atoms with Crippen LogP contribution in [-0.2, 0) is 17.8 Å². The molecular formula is C20H24BrNO2. The number of carbonyl (C=O) groups excluding carboxylic acids is 1. The molecule has 0 aliphatic carbocycles. The first-order valence-corrected chi connectivity index (χ1v) is 9.20. The first-order valence-electron chi connectivity index (χ1n) is 8.41. The predicted octanol–water partition coefficient (Wildman–Crippen LogP) is 4.88. The van der Waals surface area contributed by atoms with Crippen LogP contribution in [0, 0.1) is 0 Å². The predicted molar refractivity (Wildman–Crippen MR) is 101 cm³/mol. The zero-order valence-electron chi connectivity index (χ0n) is 14.1. The molecule has 0 spiro atoms. The molecule has 0 radical (unpaired) electrons. The van der Waals surface area contributed by atoms with E-state index in [1.54, 1.807) is 0 Å². The summed E-state index contributed by atoms with van der Waals surface area (Å²) in [6, 6.07) is 15.8. The lowest BCUT2D eigenvalue weighted by Gasteiger charge is -2.12. The van der Waals surface area contributed by atoms with Crippen molar-refractivity contribution in [2.75, 3.05) is 6.54 Å². The minimum atomic E-state index is 0.0359. The highest BCUT2D eigenvalue weighted by Crippen LogP contribution is 2.24. The van der Waals surface area contributed by atoms with Crippen molar-refractivity contribution in [2.45, 2.75) is 39.2 Å². The minimum absolute atomic E-state index is 0.0359. The average Bonchev–Trinajstić information content (AvgIpc) is 2.59. The van der Waals surface area contributed by atoms with Gasteiger partial charge in [0.15, 0.2) is 0 Å². The van der Waals surface area contributed by atoms with Crippen LogP contribution < -0.4 is 10.1 Å². The molecule has 0 unspecified atom stereocenters. The topological polar surface area (TPSA) is 38.3 Å². The van der Waals surface area contributed by atoms with E-state index >= 15 is 0 Å². The molecule has 4 heteroatoms. The number of hydrogen-bond donors (Lipinski definition) is 1. The molecule has 24 heavy (non-hydrogen) atoms. The van der Waals surface area contributed by atoms with Gasteiger partial charge in [-0.2, -0.15) is 0 Å². The highest BCUT2D eigenvalue weighted by molar-refractivity contribution is 9.10. The van der Waals surface area contributed by atoms with Crippen LogP contribution in [-0.4, -0.2) is 12.5 Å². The van der Waals surface area contributed by atoms with Gasteiger partial charge >= 0.3 is 0 Å². The van der Waals surface area contributed by atoms with Crippen molar-refractivity contribution < 1.29 is 9.53 Å². The van der Waals surface area contributed by atoms with E-state index in [1.165, 1.54) is 0 Å². The summed E-state index contributed by atoms with van der Waals surface area (Å²) in [6.45, 7) is 3.38. The molecule has 1 N–H and O–H groups in total. The molecule has 2 rings (SSSR count). The van der Waals surface area contributed by atoms with Gasteiger partial charge in [0.25, 0.3) is 0 Å². The molecule has 0 aliphatic rings. The summed E-state index contributed by atoms with van der Waals surface area (Å²) in [7, 11) is 0. The highest BCUT2D eigenvalue weighted by Gasteiger charge is 2.10. The van der Waals surface area contributed by atoms with Gasteiger partial charge in [0.1, 0.15) is 12.4 Å². The fourth-order valence-corrected chi connectivity index (χ4v) is 2.81. The second kappa shape index (κ2) is 10.1. The molecule has 0 saturated heterocycles. The molecule has 0 aliphatic heterocycles. The molecule has 3 nitrogen and oxygen atoms in total. The van der Waals surface area contributed by atoms with Crippen LogP contribution in [0.4, 0.5) is 0 Å². The lowest BCUT2D eigenvalue weighted by atomic mass is 10.1. The van der Waals surface area contributed by atoms with Gasteiger partial charge in [-0.1, -0.05) is 66.0 Å². The number of rotatable bonds is 9. The van der Waals surface area contributed by atoms with E-state index in [9.17, 15) is 4.79 Å². The Balaban J connectivity index is 1.95. The van der Waals surface area contributed by atoms with Crippen molar-refractivity contribution >= 4 is 21.8 Å². The van der Waals surface area contributed by atoms with Crippen molar-refractivity contribution in [3.8, 4) is 5.75 Å². The van der Waals surface area contributed by atoms with E-state index < -0.39 is 0 Å². The van der Waals surface area contributed by atoms with Crippen molar-refractivity contribution in [1.82, 2.24) is 5.32 Å². The number of amides is 1. The van der Waals surface area contributed by atoms with E-state index in [2.05, 4.69) is 28.2 Å². The lowest BCUT2D eigenvalue weighted by Crippen LogP contribution is -2.26. The van der Waals surface area contributed by atoms with Crippen LogP contribution in [0.1, 0.15) is 37.3 Å². The third-order valence-electron chi connectivity index (χ3n) is 3.71. The van der Waals surface area contributed by atoms with Crippen molar-refractivity contribution in [3.05, 3.63) is 64.1 Å². The van der Waals surface area contributed by atoms with Crippen LogP contribution in [0.2, 0.25) is 0 Å². The third kappa shape index (κ3) is 6.36. The Labute approximate surface area is 152 Å². The summed E-state index contributed by atoms with van der Waals surface area (Å²) in [4.78, 5) is 12.1. The van der Waals surface area contributed by atoms with Gasteiger partial charge in [-0.25, -0.2) is 0 Å². The molecule has 0 bridgehead atoms. The van der Waals surface area contributed by atoms with Crippen LogP contribution in [0.5, 0.6) is 5.75 Å². The Bertz CT molecular complexity index is 643. The van der Waals surface area contributed by atoms with Crippen molar-refractivity contribution in [1.29, 1.82) is 0 Å². The number of unbranched alkanes of at least 4 members (excludes halogenated alkanes) is 2. The maximum Gasteiger partial charge on any atom is 0.224 e. The summed E-state index contributed by atoms with van der Waals surface area (Å²) >= 11 is 3.47. The maximum absolute atomic E-state index is 12.1. The van der Waals surface area contributed by atoms with Gasteiger partial charge in [0.2, 0.25) is 5.91 Å². The number of nitrogens with one attached hydrogen (secondary N) is 1. The Morgan fingerprint density at radius 3 is 2.67 bits per heavy atom. The Kier molecular flexibility index (Phi) is 7.83. The van der Waals surface area contributed by atoms with Gasteiger partial charge in [-0.05, 0) is 30.2 Å². The quantitative estimate of drug-likeness (QED) is 0.620. The van der Waals surface area contributed by atoms with Crippen LogP contribution >= 0.6 is 15.9 Å². The minimum Gasteiger partial charge on any atom is -0.489 e. The van der Waals surface area contributed by atoms with E-state index in [-0.39, 0.29) is 5.91 Å². The van der Waals surface area contributed by atoms with Crippen LogP contribution in [0.25, 0.3) is 0 Å².